The molecule has 0 aliphatic carbocycles. The smallest absolute Gasteiger partial charge is 0.285 e. The molecular formula is C24H20BrNO5S. The van der Waals surface area contributed by atoms with E-state index in [4.69, 9.17) is 13.9 Å². The number of rotatable bonds is 6. The second-order valence-corrected chi connectivity index (χ2v) is 9.62. The summed E-state index contributed by atoms with van der Waals surface area (Å²) in [5.74, 6) is 1.29. The van der Waals surface area contributed by atoms with Crippen LogP contribution >= 0.6 is 15.9 Å². The molecule has 0 spiro atoms. The van der Waals surface area contributed by atoms with Crippen LogP contribution in [0.1, 0.15) is 11.1 Å². The third kappa shape index (κ3) is 5.03. The Kier molecular flexibility index (Phi) is 6.34. The van der Waals surface area contributed by atoms with E-state index in [1.54, 1.807) is 43.5 Å². The van der Waals surface area contributed by atoms with Gasteiger partial charge in [0.2, 0.25) is 5.55 Å². The molecule has 0 saturated carbocycles. The molecular weight excluding hydrogens is 494 g/mol. The lowest BCUT2D eigenvalue weighted by molar-refractivity contribution is 0.299. The summed E-state index contributed by atoms with van der Waals surface area (Å²) in [7, 11) is -2.40. The topological polar surface area (TPSA) is 78.1 Å². The molecule has 4 rings (SSSR count). The first-order valence-corrected chi connectivity index (χ1v) is 11.9. The van der Waals surface area contributed by atoms with Crippen molar-refractivity contribution in [3.8, 4) is 11.5 Å². The summed E-state index contributed by atoms with van der Waals surface area (Å²) in [6.07, 6.45) is 0. The summed E-state index contributed by atoms with van der Waals surface area (Å²) in [6, 6.07) is 20.9. The van der Waals surface area contributed by atoms with Crippen LogP contribution in [0.2, 0.25) is 0 Å². The van der Waals surface area contributed by atoms with Crippen LogP contribution in [0.3, 0.4) is 0 Å². The number of nitrogens with zero attached hydrogens (tertiary/aromatic N) is 1. The molecule has 0 bridgehead atoms. The predicted octanol–water partition coefficient (Wildman–Crippen LogP) is 5.38. The van der Waals surface area contributed by atoms with Gasteiger partial charge in [-0.3, -0.25) is 0 Å². The Morgan fingerprint density at radius 1 is 0.938 bits per heavy atom. The van der Waals surface area contributed by atoms with E-state index >= 15 is 0 Å². The molecule has 164 valence electrons. The van der Waals surface area contributed by atoms with Crippen LogP contribution in [0.25, 0.3) is 11.0 Å². The summed E-state index contributed by atoms with van der Waals surface area (Å²) >= 11 is 3.39. The van der Waals surface area contributed by atoms with Gasteiger partial charge in [-0.2, -0.15) is 8.42 Å². The lowest BCUT2D eigenvalue weighted by atomic mass is 10.2. The Labute approximate surface area is 194 Å². The highest BCUT2D eigenvalue weighted by Gasteiger charge is 2.15. The summed E-state index contributed by atoms with van der Waals surface area (Å²) < 4.78 is 47.8. The lowest BCUT2D eigenvalue weighted by Gasteiger charge is -2.09. The number of aryl methyl sites for hydroxylation is 1. The summed E-state index contributed by atoms with van der Waals surface area (Å²) in [5.41, 5.74) is 1.90. The molecule has 4 aromatic rings. The normalized spacial score (nSPS) is 12.2. The quantitative estimate of drug-likeness (QED) is 0.345. The van der Waals surface area contributed by atoms with Crippen LogP contribution in [0, 0.1) is 6.92 Å². The van der Waals surface area contributed by atoms with E-state index < -0.39 is 10.0 Å². The highest BCUT2D eigenvalue weighted by molar-refractivity contribution is 9.10. The van der Waals surface area contributed by atoms with Gasteiger partial charge in [-0.15, -0.1) is 4.40 Å². The summed E-state index contributed by atoms with van der Waals surface area (Å²) in [4.78, 5) is 0.0907. The van der Waals surface area contributed by atoms with Crippen molar-refractivity contribution in [2.75, 3.05) is 7.11 Å². The van der Waals surface area contributed by atoms with E-state index in [0.29, 0.717) is 22.6 Å². The Bertz CT molecular complexity index is 1430. The number of hydrogen-bond acceptors (Lipinski definition) is 5. The Morgan fingerprint density at radius 2 is 1.62 bits per heavy atom. The first-order valence-electron chi connectivity index (χ1n) is 9.71. The Hall–Kier alpha value is -3.10. The number of hydrogen-bond donors (Lipinski definition) is 0. The highest BCUT2D eigenvalue weighted by Crippen LogP contribution is 2.22. The van der Waals surface area contributed by atoms with Gasteiger partial charge in [0, 0.05) is 9.86 Å². The monoisotopic (exact) mass is 513 g/mol. The zero-order chi connectivity index (χ0) is 22.7. The number of ether oxygens (including phenoxy) is 2. The van der Waals surface area contributed by atoms with Crippen LogP contribution in [-0.4, -0.2) is 15.5 Å². The zero-order valence-electron chi connectivity index (χ0n) is 17.4. The van der Waals surface area contributed by atoms with Crippen molar-refractivity contribution in [3.05, 3.63) is 94.0 Å². The molecule has 0 unspecified atom stereocenters. The van der Waals surface area contributed by atoms with Gasteiger partial charge in [0.15, 0.2) is 0 Å². The van der Waals surface area contributed by atoms with E-state index in [-0.39, 0.29) is 17.1 Å². The minimum absolute atomic E-state index is 0.0275. The average Bonchev–Trinajstić information content (AvgIpc) is 2.78. The van der Waals surface area contributed by atoms with Gasteiger partial charge in [-0.25, -0.2) is 0 Å². The molecule has 0 saturated heterocycles. The van der Waals surface area contributed by atoms with Gasteiger partial charge in [0.25, 0.3) is 10.0 Å². The summed E-state index contributed by atoms with van der Waals surface area (Å²) in [6.45, 7) is 1.96. The molecule has 0 aliphatic rings. The maximum atomic E-state index is 12.9. The molecule has 3 aromatic carbocycles. The molecule has 0 amide bonds. The molecule has 0 fully saturated rings. The third-order valence-corrected chi connectivity index (χ3v) is 6.56. The van der Waals surface area contributed by atoms with Gasteiger partial charge in [0.1, 0.15) is 23.7 Å². The minimum Gasteiger partial charge on any atom is -0.497 e. The number of methoxy groups -OCH3 is 1. The molecule has 0 N–H and O–H groups in total. The van der Waals surface area contributed by atoms with Gasteiger partial charge in [-0.1, -0.05) is 33.6 Å². The second kappa shape index (κ2) is 9.18. The number of benzene rings is 3. The maximum Gasteiger partial charge on any atom is 0.285 e. The fraction of sp³-hybridized carbons (Fsp3) is 0.125. The van der Waals surface area contributed by atoms with Gasteiger partial charge in [-0.05, 0) is 67.6 Å². The van der Waals surface area contributed by atoms with Crippen LogP contribution in [0.15, 0.2) is 91.0 Å². The molecule has 32 heavy (non-hydrogen) atoms. The largest absolute Gasteiger partial charge is 0.497 e. The highest BCUT2D eigenvalue weighted by atomic mass is 79.9. The number of halogens is 1. The van der Waals surface area contributed by atoms with E-state index in [2.05, 4.69) is 20.3 Å². The van der Waals surface area contributed by atoms with Crippen molar-refractivity contribution in [1.82, 2.24) is 0 Å². The zero-order valence-corrected chi connectivity index (χ0v) is 19.8. The van der Waals surface area contributed by atoms with Crippen molar-refractivity contribution in [2.24, 2.45) is 4.40 Å². The van der Waals surface area contributed by atoms with Crippen LogP contribution in [-0.2, 0) is 16.6 Å². The predicted molar refractivity (Wildman–Crippen MR) is 125 cm³/mol. The first-order chi connectivity index (χ1) is 15.3. The van der Waals surface area contributed by atoms with E-state index in [1.165, 1.54) is 12.1 Å². The maximum absolute atomic E-state index is 12.9. The van der Waals surface area contributed by atoms with Crippen molar-refractivity contribution >= 4 is 36.9 Å². The molecule has 6 nitrogen and oxygen atoms in total. The van der Waals surface area contributed by atoms with E-state index in [1.807, 2.05) is 31.2 Å². The SMILES string of the molecule is COc1ccc2o/c(=N\S(=O)(=O)c3ccc(C)cc3)c(COc3ccc(Br)cc3)cc2c1. The van der Waals surface area contributed by atoms with E-state index in [9.17, 15) is 8.42 Å². The molecule has 0 atom stereocenters. The minimum atomic E-state index is -3.98. The fourth-order valence-corrected chi connectivity index (χ4v) is 4.25. The van der Waals surface area contributed by atoms with Gasteiger partial charge < -0.3 is 13.9 Å². The second-order valence-electron chi connectivity index (χ2n) is 7.10. The number of fused-ring (bicyclic) bond motifs is 1. The van der Waals surface area contributed by atoms with Crippen molar-refractivity contribution in [3.63, 3.8) is 0 Å². The van der Waals surface area contributed by atoms with Gasteiger partial charge in [0.05, 0.1) is 17.6 Å². The van der Waals surface area contributed by atoms with E-state index in [0.717, 1.165) is 15.4 Å². The van der Waals surface area contributed by atoms with Crippen LogP contribution in [0.5, 0.6) is 11.5 Å². The summed E-state index contributed by atoms with van der Waals surface area (Å²) in [5, 5.41) is 0.741. The molecule has 1 aromatic heterocycles. The Balaban J connectivity index is 1.81. The molecule has 0 radical (unpaired) electrons. The van der Waals surface area contributed by atoms with Gasteiger partial charge >= 0.3 is 0 Å². The average molecular weight is 514 g/mol. The van der Waals surface area contributed by atoms with Crippen molar-refractivity contribution < 1.29 is 22.3 Å². The van der Waals surface area contributed by atoms with Crippen molar-refractivity contribution in [2.45, 2.75) is 18.4 Å². The van der Waals surface area contributed by atoms with Crippen LogP contribution in [0.4, 0.5) is 0 Å². The standard InChI is InChI=1S/C24H20BrNO5S/c1-16-3-10-22(11-4-16)32(27,28)26-24-18(15-30-20-7-5-19(25)6-8-20)13-17-14-21(29-2)9-12-23(17)31-24/h3-14H,15H2,1-2H3/b26-24-. The first kappa shape index (κ1) is 22.1. The third-order valence-electron chi connectivity index (χ3n) is 4.76. The molecule has 0 aliphatic heterocycles. The fourth-order valence-electron chi connectivity index (χ4n) is 3.02. The van der Waals surface area contributed by atoms with Crippen LogP contribution < -0.4 is 15.0 Å². The molecule has 1 heterocycles. The molecule has 8 heteroatoms. The lowest BCUT2D eigenvalue weighted by Crippen LogP contribution is -2.15. The van der Waals surface area contributed by atoms with Crippen molar-refractivity contribution in [1.29, 1.82) is 0 Å². The Morgan fingerprint density at radius 3 is 2.31 bits per heavy atom. The number of sulfonamides is 1.